The maximum atomic E-state index is 12.5. The van der Waals surface area contributed by atoms with Crippen molar-refractivity contribution in [2.24, 2.45) is 0 Å². The number of rotatable bonds is 3. The third kappa shape index (κ3) is 2.25. The first-order valence-corrected chi connectivity index (χ1v) is 6.33. The zero-order valence-corrected chi connectivity index (χ0v) is 11.1. The molecule has 5 heteroatoms. The molecule has 0 radical (unpaired) electrons. The summed E-state index contributed by atoms with van der Waals surface area (Å²) < 4.78 is 0. The van der Waals surface area contributed by atoms with Crippen LogP contribution in [0.5, 0.6) is 0 Å². The number of fused-ring (bicyclic) bond motifs is 1. The molecule has 2 aromatic heterocycles. The number of aromatic amines is 1. The lowest BCUT2D eigenvalue weighted by Gasteiger charge is -2.16. The van der Waals surface area contributed by atoms with Crippen molar-refractivity contribution in [2.45, 2.75) is 6.54 Å². The fourth-order valence-electron chi connectivity index (χ4n) is 2.18. The number of benzene rings is 1. The minimum absolute atomic E-state index is 0.0417. The quantitative estimate of drug-likeness (QED) is 0.790. The molecule has 0 unspecified atom stereocenters. The van der Waals surface area contributed by atoms with Crippen LogP contribution in [0.15, 0.2) is 48.9 Å². The molecule has 2 heterocycles. The maximum absolute atomic E-state index is 12.5. The highest BCUT2D eigenvalue weighted by atomic mass is 16.2. The Morgan fingerprint density at radius 2 is 2.10 bits per heavy atom. The van der Waals surface area contributed by atoms with Crippen LogP contribution >= 0.6 is 0 Å². The van der Waals surface area contributed by atoms with Gasteiger partial charge in [-0.3, -0.25) is 9.78 Å². The average Bonchev–Trinajstić information content (AvgIpc) is 2.99. The van der Waals surface area contributed by atoms with E-state index in [0.717, 1.165) is 16.7 Å². The highest BCUT2D eigenvalue weighted by Crippen LogP contribution is 2.18. The van der Waals surface area contributed by atoms with Crippen molar-refractivity contribution in [1.82, 2.24) is 19.9 Å². The number of carbonyl (C=O) groups excluding carboxylic acids is 1. The molecule has 0 saturated heterocycles. The molecule has 20 heavy (non-hydrogen) atoms. The topological polar surface area (TPSA) is 61.9 Å². The van der Waals surface area contributed by atoms with Gasteiger partial charge in [0.15, 0.2) is 0 Å². The summed E-state index contributed by atoms with van der Waals surface area (Å²) in [7, 11) is 1.76. The molecular formula is C15H14N4O. The van der Waals surface area contributed by atoms with Crippen molar-refractivity contribution in [2.75, 3.05) is 7.05 Å². The van der Waals surface area contributed by atoms with Gasteiger partial charge in [0.1, 0.15) is 5.82 Å². The maximum Gasteiger partial charge on any atom is 0.254 e. The van der Waals surface area contributed by atoms with Crippen LogP contribution < -0.4 is 0 Å². The van der Waals surface area contributed by atoms with Gasteiger partial charge in [-0.1, -0.05) is 12.1 Å². The van der Waals surface area contributed by atoms with Crippen molar-refractivity contribution in [1.29, 1.82) is 0 Å². The molecule has 0 fully saturated rings. The van der Waals surface area contributed by atoms with Crippen LogP contribution in [0.4, 0.5) is 0 Å². The van der Waals surface area contributed by atoms with Crippen LogP contribution in [0.25, 0.3) is 10.9 Å². The van der Waals surface area contributed by atoms with Crippen molar-refractivity contribution >= 4 is 16.8 Å². The van der Waals surface area contributed by atoms with E-state index in [0.29, 0.717) is 12.1 Å². The standard InChI is InChI=1S/C15H14N4O/c1-19(10-14-17-8-9-18-14)15(20)12-4-2-6-13-11(12)5-3-7-16-13/h2-9H,10H2,1H3,(H,17,18). The van der Waals surface area contributed by atoms with Crippen LogP contribution in [-0.4, -0.2) is 32.8 Å². The third-order valence-corrected chi connectivity index (χ3v) is 3.16. The Labute approximate surface area is 116 Å². The molecule has 1 N–H and O–H groups in total. The predicted molar refractivity (Wildman–Crippen MR) is 76.1 cm³/mol. The number of pyridine rings is 1. The van der Waals surface area contributed by atoms with E-state index < -0.39 is 0 Å². The third-order valence-electron chi connectivity index (χ3n) is 3.16. The van der Waals surface area contributed by atoms with Gasteiger partial charge >= 0.3 is 0 Å². The molecule has 0 aliphatic heterocycles. The largest absolute Gasteiger partial charge is 0.347 e. The summed E-state index contributed by atoms with van der Waals surface area (Å²) in [4.78, 5) is 25.6. The van der Waals surface area contributed by atoms with Crippen molar-refractivity contribution in [3.8, 4) is 0 Å². The smallest absolute Gasteiger partial charge is 0.254 e. The molecule has 0 aliphatic carbocycles. The molecule has 0 aliphatic rings. The molecule has 0 saturated carbocycles. The second kappa shape index (κ2) is 5.13. The lowest BCUT2D eigenvalue weighted by molar-refractivity contribution is 0.0784. The SMILES string of the molecule is CN(Cc1ncc[nH]1)C(=O)c1cccc2ncccc12. The Hall–Kier alpha value is -2.69. The van der Waals surface area contributed by atoms with Crippen LogP contribution in [0.1, 0.15) is 16.2 Å². The molecule has 0 atom stereocenters. The van der Waals surface area contributed by atoms with E-state index in [1.165, 1.54) is 0 Å². The monoisotopic (exact) mass is 266 g/mol. The van der Waals surface area contributed by atoms with Gasteiger partial charge in [-0.15, -0.1) is 0 Å². The van der Waals surface area contributed by atoms with E-state index in [4.69, 9.17) is 0 Å². The second-order valence-corrected chi connectivity index (χ2v) is 4.57. The molecule has 3 aromatic rings. The number of imidazole rings is 1. The lowest BCUT2D eigenvalue weighted by Crippen LogP contribution is -2.26. The minimum atomic E-state index is -0.0417. The fraction of sp³-hybridized carbons (Fsp3) is 0.133. The number of carbonyl (C=O) groups is 1. The first kappa shape index (κ1) is 12.3. The van der Waals surface area contributed by atoms with Gasteiger partial charge in [0.25, 0.3) is 5.91 Å². The number of H-pyrrole nitrogens is 1. The number of amides is 1. The highest BCUT2D eigenvalue weighted by Gasteiger charge is 2.15. The number of hydrogen-bond donors (Lipinski definition) is 1. The van der Waals surface area contributed by atoms with Crippen molar-refractivity contribution in [3.05, 3.63) is 60.3 Å². The lowest BCUT2D eigenvalue weighted by atomic mass is 10.1. The Balaban J connectivity index is 1.92. The van der Waals surface area contributed by atoms with Crippen LogP contribution in [0.3, 0.4) is 0 Å². The molecule has 1 amide bonds. The number of nitrogens with zero attached hydrogens (tertiary/aromatic N) is 3. The molecule has 100 valence electrons. The molecule has 5 nitrogen and oxygen atoms in total. The summed E-state index contributed by atoms with van der Waals surface area (Å²) in [6.07, 6.45) is 5.15. The highest BCUT2D eigenvalue weighted by molar-refractivity contribution is 6.05. The average molecular weight is 266 g/mol. The zero-order valence-electron chi connectivity index (χ0n) is 11.1. The van der Waals surface area contributed by atoms with Gasteiger partial charge in [0, 0.05) is 36.6 Å². The first-order chi connectivity index (χ1) is 9.75. The Bertz CT molecular complexity index is 731. The van der Waals surface area contributed by atoms with E-state index in [9.17, 15) is 4.79 Å². The van der Waals surface area contributed by atoms with Crippen molar-refractivity contribution < 1.29 is 4.79 Å². The normalized spacial score (nSPS) is 10.7. The Kier molecular flexibility index (Phi) is 3.16. The predicted octanol–water partition coefficient (Wildman–Crippen LogP) is 2.23. The molecular weight excluding hydrogens is 252 g/mol. The van der Waals surface area contributed by atoms with Gasteiger partial charge in [-0.25, -0.2) is 4.98 Å². The van der Waals surface area contributed by atoms with E-state index in [-0.39, 0.29) is 5.91 Å². The van der Waals surface area contributed by atoms with E-state index in [1.54, 1.807) is 30.5 Å². The van der Waals surface area contributed by atoms with Gasteiger partial charge in [-0.05, 0) is 18.2 Å². The second-order valence-electron chi connectivity index (χ2n) is 4.57. The van der Waals surface area contributed by atoms with Gasteiger partial charge in [0.2, 0.25) is 0 Å². The number of aromatic nitrogens is 3. The molecule has 1 aromatic carbocycles. The van der Waals surface area contributed by atoms with Crippen LogP contribution in [-0.2, 0) is 6.54 Å². The number of nitrogens with one attached hydrogen (secondary N) is 1. The van der Waals surface area contributed by atoms with Crippen molar-refractivity contribution in [3.63, 3.8) is 0 Å². The first-order valence-electron chi connectivity index (χ1n) is 6.33. The summed E-state index contributed by atoms with van der Waals surface area (Å²) in [6, 6.07) is 9.33. The molecule has 0 spiro atoms. The van der Waals surface area contributed by atoms with E-state index in [1.807, 2.05) is 30.3 Å². The Morgan fingerprint density at radius 1 is 1.20 bits per heavy atom. The number of hydrogen-bond acceptors (Lipinski definition) is 3. The fourth-order valence-corrected chi connectivity index (χ4v) is 2.18. The van der Waals surface area contributed by atoms with Crippen LogP contribution in [0.2, 0.25) is 0 Å². The van der Waals surface area contributed by atoms with Gasteiger partial charge in [-0.2, -0.15) is 0 Å². The summed E-state index contributed by atoms with van der Waals surface area (Å²) in [5.41, 5.74) is 1.48. The molecule has 0 bridgehead atoms. The summed E-state index contributed by atoms with van der Waals surface area (Å²) in [6.45, 7) is 0.447. The summed E-state index contributed by atoms with van der Waals surface area (Å²) in [5, 5.41) is 0.867. The summed E-state index contributed by atoms with van der Waals surface area (Å²) >= 11 is 0. The molecule has 3 rings (SSSR count). The summed E-state index contributed by atoms with van der Waals surface area (Å²) in [5.74, 6) is 0.721. The van der Waals surface area contributed by atoms with E-state index in [2.05, 4.69) is 15.0 Å². The van der Waals surface area contributed by atoms with Gasteiger partial charge < -0.3 is 9.88 Å². The van der Waals surface area contributed by atoms with Crippen LogP contribution in [0, 0.1) is 0 Å². The minimum Gasteiger partial charge on any atom is -0.347 e. The zero-order chi connectivity index (χ0) is 13.9. The van der Waals surface area contributed by atoms with E-state index >= 15 is 0 Å². The van der Waals surface area contributed by atoms with Gasteiger partial charge in [0.05, 0.1) is 12.1 Å². The Morgan fingerprint density at radius 3 is 2.90 bits per heavy atom.